The van der Waals surface area contributed by atoms with Crippen LogP contribution in [0.4, 0.5) is 0 Å². The van der Waals surface area contributed by atoms with Crippen molar-refractivity contribution in [2.24, 2.45) is 0 Å². The summed E-state index contributed by atoms with van der Waals surface area (Å²) in [6.07, 6.45) is 1.02. The van der Waals surface area contributed by atoms with Crippen LogP contribution in [0.3, 0.4) is 0 Å². The third kappa shape index (κ3) is 1.79. The number of fused-ring (bicyclic) bond motifs is 1. The number of likely N-dealkylation sites (N-methyl/N-ethyl adjacent to an activating group) is 1. The first-order valence-electron chi connectivity index (χ1n) is 4.81. The Hall–Kier alpha value is -0.930. The maximum absolute atomic E-state index is 4.63. The molecule has 74 valence electrons. The Bertz CT molecular complexity index is 434. The summed E-state index contributed by atoms with van der Waals surface area (Å²) in [6, 6.07) is 6.35. The Kier molecular flexibility index (Phi) is 2.79. The molecular formula is C11H14N2S. The summed E-state index contributed by atoms with van der Waals surface area (Å²) < 4.78 is 1.30. The molecule has 0 bridgehead atoms. The number of nitrogens with one attached hydrogen (secondary N) is 1. The number of thiazole rings is 1. The summed E-state index contributed by atoms with van der Waals surface area (Å²) in [4.78, 5) is 4.63. The van der Waals surface area contributed by atoms with Gasteiger partial charge in [-0.25, -0.2) is 4.98 Å². The van der Waals surface area contributed by atoms with E-state index in [1.807, 2.05) is 7.05 Å². The van der Waals surface area contributed by atoms with Crippen molar-refractivity contribution in [2.75, 3.05) is 13.6 Å². The number of hydrogen-bond donors (Lipinski definition) is 1. The van der Waals surface area contributed by atoms with E-state index in [0.717, 1.165) is 13.0 Å². The van der Waals surface area contributed by atoms with Gasteiger partial charge < -0.3 is 5.32 Å². The lowest BCUT2D eigenvalue weighted by Gasteiger charge is -1.92. The molecule has 0 aliphatic heterocycles. The van der Waals surface area contributed by atoms with Crippen LogP contribution in [0.25, 0.3) is 10.2 Å². The van der Waals surface area contributed by atoms with Crippen molar-refractivity contribution in [1.29, 1.82) is 0 Å². The summed E-state index contributed by atoms with van der Waals surface area (Å²) in [6.45, 7) is 3.11. The second-order valence-corrected chi connectivity index (χ2v) is 4.50. The lowest BCUT2D eigenvalue weighted by Crippen LogP contribution is -2.09. The van der Waals surface area contributed by atoms with Crippen LogP contribution in [0, 0.1) is 6.92 Å². The summed E-state index contributed by atoms with van der Waals surface area (Å²) >= 11 is 1.80. The van der Waals surface area contributed by atoms with Crippen LogP contribution in [0.2, 0.25) is 0 Å². The molecule has 1 heterocycles. The van der Waals surface area contributed by atoms with E-state index in [9.17, 15) is 0 Å². The molecule has 2 rings (SSSR count). The van der Waals surface area contributed by atoms with Crippen molar-refractivity contribution in [3.05, 3.63) is 28.8 Å². The van der Waals surface area contributed by atoms with E-state index in [0.29, 0.717) is 0 Å². The first-order valence-corrected chi connectivity index (χ1v) is 5.62. The molecule has 0 unspecified atom stereocenters. The Morgan fingerprint density at radius 3 is 3.00 bits per heavy atom. The molecule has 1 aromatic carbocycles. The van der Waals surface area contributed by atoms with Crippen LogP contribution in [0.15, 0.2) is 18.2 Å². The first kappa shape index (κ1) is 9.62. The average molecular weight is 206 g/mol. The molecule has 0 spiro atoms. The standard InChI is InChI=1S/C11H14N2S/c1-8-4-3-5-9-11(8)13-10(14-9)6-7-12-2/h3-5,12H,6-7H2,1-2H3. The zero-order valence-corrected chi connectivity index (χ0v) is 9.32. The van der Waals surface area contributed by atoms with Gasteiger partial charge in [-0.15, -0.1) is 11.3 Å². The lowest BCUT2D eigenvalue weighted by molar-refractivity contribution is 0.789. The van der Waals surface area contributed by atoms with Crippen molar-refractivity contribution < 1.29 is 0 Å². The zero-order chi connectivity index (χ0) is 9.97. The molecule has 0 aliphatic rings. The fraction of sp³-hybridized carbons (Fsp3) is 0.364. The Morgan fingerprint density at radius 2 is 2.29 bits per heavy atom. The van der Waals surface area contributed by atoms with Crippen molar-refractivity contribution in [2.45, 2.75) is 13.3 Å². The van der Waals surface area contributed by atoms with Gasteiger partial charge in [0.25, 0.3) is 0 Å². The minimum absolute atomic E-state index is 0.999. The van der Waals surface area contributed by atoms with Crippen molar-refractivity contribution in [1.82, 2.24) is 10.3 Å². The minimum Gasteiger partial charge on any atom is -0.319 e. The zero-order valence-electron chi connectivity index (χ0n) is 8.50. The molecule has 0 radical (unpaired) electrons. The lowest BCUT2D eigenvalue weighted by atomic mass is 10.2. The highest BCUT2D eigenvalue weighted by Gasteiger charge is 2.04. The second kappa shape index (κ2) is 4.07. The van der Waals surface area contributed by atoms with E-state index in [2.05, 4.69) is 35.4 Å². The van der Waals surface area contributed by atoms with E-state index in [4.69, 9.17) is 0 Å². The van der Waals surface area contributed by atoms with E-state index >= 15 is 0 Å². The molecule has 0 fully saturated rings. The third-order valence-corrected chi connectivity index (χ3v) is 3.33. The Morgan fingerprint density at radius 1 is 1.43 bits per heavy atom. The summed E-state index contributed by atoms with van der Waals surface area (Å²) in [7, 11) is 1.97. The number of hydrogen-bond acceptors (Lipinski definition) is 3. The highest BCUT2D eigenvalue weighted by atomic mass is 32.1. The van der Waals surface area contributed by atoms with Gasteiger partial charge in [-0.1, -0.05) is 12.1 Å². The van der Waals surface area contributed by atoms with Gasteiger partial charge in [0.1, 0.15) is 0 Å². The normalized spacial score (nSPS) is 11.0. The molecule has 0 atom stereocenters. The Balaban J connectivity index is 2.36. The molecule has 14 heavy (non-hydrogen) atoms. The number of benzene rings is 1. The number of nitrogens with zero attached hydrogens (tertiary/aromatic N) is 1. The van der Waals surface area contributed by atoms with Gasteiger partial charge in [-0.3, -0.25) is 0 Å². The minimum atomic E-state index is 0.999. The van der Waals surface area contributed by atoms with E-state index in [-0.39, 0.29) is 0 Å². The fourth-order valence-corrected chi connectivity index (χ4v) is 2.52. The molecule has 2 aromatic rings. The molecule has 0 saturated heterocycles. The quantitative estimate of drug-likeness (QED) is 0.834. The van der Waals surface area contributed by atoms with Crippen LogP contribution < -0.4 is 5.32 Å². The van der Waals surface area contributed by atoms with E-state index < -0.39 is 0 Å². The molecular weight excluding hydrogens is 192 g/mol. The monoisotopic (exact) mass is 206 g/mol. The largest absolute Gasteiger partial charge is 0.319 e. The van der Waals surface area contributed by atoms with Crippen molar-refractivity contribution >= 4 is 21.6 Å². The summed E-state index contributed by atoms with van der Waals surface area (Å²) in [5.41, 5.74) is 2.44. The first-order chi connectivity index (χ1) is 6.81. The van der Waals surface area contributed by atoms with Crippen molar-refractivity contribution in [3.63, 3.8) is 0 Å². The van der Waals surface area contributed by atoms with E-state index in [1.165, 1.54) is 20.8 Å². The number of aryl methyl sites for hydroxylation is 1. The summed E-state index contributed by atoms with van der Waals surface area (Å²) in [5.74, 6) is 0. The van der Waals surface area contributed by atoms with Gasteiger partial charge in [-0.2, -0.15) is 0 Å². The second-order valence-electron chi connectivity index (χ2n) is 3.38. The molecule has 2 nitrogen and oxygen atoms in total. The van der Waals surface area contributed by atoms with Crippen molar-refractivity contribution in [3.8, 4) is 0 Å². The van der Waals surface area contributed by atoms with Gasteiger partial charge in [0.2, 0.25) is 0 Å². The maximum Gasteiger partial charge on any atom is 0.0951 e. The molecule has 1 N–H and O–H groups in total. The highest BCUT2D eigenvalue weighted by molar-refractivity contribution is 7.18. The van der Waals surface area contributed by atoms with Gasteiger partial charge in [0.15, 0.2) is 0 Å². The topological polar surface area (TPSA) is 24.9 Å². The van der Waals surface area contributed by atoms with Gasteiger partial charge in [0.05, 0.1) is 15.2 Å². The molecule has 3 heteroatoms. The SMILES string of the molecule is CNCCc1nc2c(C)cccc2s1. The number of aromatic nitrogens is 1. The molecule has 0 saturated carbocycles. The summed E-state index contributed by atoms with van der Waals surface area (Å²) in [5, 5.41) is 4.37. The molecule has 0 aliphatic carbocycles. The van der Waals surface area contributed by atoms with Crippen LogP contribution >= 0.6 is 11.3 Å². The van der Waals surface area contributed by atoms with Crippen LogP contribution in [0.1, 0.15) is 10.6 Å². The van der Waals surface area contributed by atoms with Gasteiger partial charge in [0, 0.05) is 13.0 Å². The number of para-hydroxylation sites is 1. The van der Waals surface area contributed by atoms with Crippen LogP contribution in [0.5, 0.6) is 0 Å². The predicted octanol–water partition coefficient (Wildman–Crippen LogP) is 2.37. The highest BCUT2D eigenvalue weighted by Crippen LogP contribution is 2.24. The average Bonchev–Trinajstić information content (AvgIpc) is 2.59. The van der Waals surface area contributed by atoms with E-state index in [1.54, 1.807) is 11.3 Å². The van der Waals surface area contributed by atoms with Crippen LogP contribution in [-0.4, -0.2) is 18.6 Å². The third-order valence-electron chi connectivity index (χ3n) is 2.25. The Labute approximate surface area is 88.0 Å². The maximum atomic E-state index is 4.63. The predicted molar refractivity (Wildman–Crippen MR) is 62.0 cm³/mol. The van der Waals surface area contributed by atoms with Gasteiger partial charge in [-0.05, 0) is 25.6 Å². The number of rotatable bonds is 3. The molecule has 1 aromatic heterocycles. The molecule has 0 amide bonds. The van der Waals surface area contributed by atoms with Crippen LogP contribution in [-0.2, 0) is 6.42 Å². The smallest absolute Gasteiger partial charge is 0.0951 e. The van der Waals surface area contributed by atoms with Gasteiger partial charge >= 0.3 is 0 Å². The fourth-order valence-electron chi connectivity index (χ4n) is 1.47.